The van der Waals surface area contributed by atoms with Crippen molar-refractivity contribution in [3.05, 3.63) is 12.2 Å². The second-order valence-electron chi connectivity index (χ2n) is 4.46. The molecule has 16 heavy (non-hydrogen) atoms. The van der Waals surface area contributed by atoms with E-state index in [9.17, 15) is 0 Å². The van der Waals surface area contributed by atoms with Crippen LogP contribution in [-0.4, -0.2) is 12.7 Å². The summed E-state index contributed by atoms with van der Waals surface area (Å²) in [6.45, 7) is 7.43. The maximum Gasteiger partial charge on any atom is 0.0572 e. The summed E-state index contributed by atoms with van der Waals surface area (Å²) in [5.41, 5.74) is 0. The Balaban J connectivity index is 3.27. The molecule has 0 aliphatic heterocycles. The Hall–Kier alpha value is -0.300. The zero-order valence-corrected chi connectivity index (χ0v) is 11.5. The van der Waals surface area contributed by atoms with E-state index < -0.39 is 0 Å². The summed E-state index contributed by atoms with van der Waals surface area (Å²) < 4.78 is 5.77. The first kappa shape index (κ1) is 15.7. The molecule has 0 spiro atoms. The maximum atomic E-state index is 5.77. The van der Waals surface area contributed by atoms with Crippen LogP contribution < -0.4 is 0 Å². The minimum atomic E-state index is 0.510. The molecule has 0 aliphatic carbocycles. The highest BCUT2D eigenvalue weighted by Crippen LogP contribution is 2.12. The molecule has 96 valence electrons. The van der Waals surface area contributed by atoms with E-state index in [4.69, 9.17) is 4.74 Å². The fraction of sp³-hybridized carbons (Fsp3) is 0.867. The van der Waals surface area contributed by atoms with E-state index in [1.165, 1.54) is 44.9 Å². The summed E-state index contributed by atoms with van der Waals surface area (Å²) in [4.78, 5) is 0. The molecule has 0 aromatic heterocycles. The Labute approximate surface area is 102 Å². The average molecular weight is 226 g/mol. The Morgan fingerprint density at radius 3 is 2.44 bits per heavy atom. The molecule has 0 aliphatic rings. The first-order valence-corrected chi connectivity index (χ1v) is 7.07. The van der Waals surface area contributed by atoms with Crippen LogP contribution in [0, 0.1) is 0 Å². The number of rotatable bonds is 11. The Morgan fingerprint density at radius 1 is 1.06 bits per heavy atom. The van der Waals surface area contributed by atoms with Gasteiger partial charge in [0.2, 0.25) is 0 Å². The number of ether oxygens (including phenoxy) is 1. The fourth-order valence-electron chi connectivity index (χ4n) is 1.84. The van der Waals surface area contributed by atoms with Crippen LogP contribution in [0.4, 0.5) is 0 Å². The van der Waals surface area contributed by atoms with E-state index in [0.717, 1.165) is 13.0 Å². The third-order valence-electron chi connectivity index (χ3n) is 2.90. The number of allylic oxidation sites excluding steroid dienone is 2. The predicted octanol–water partition coefficient (Wildman–Crippen LogP) is 5.11. The molecule has 0 N–H and O–H groups in total. The highest BCUT2D eigenvalue weighted by Gasteiger charge is 2.04. The Bertz CT molecular complexity index is 152. The molecule has 1 unspecified atom stereocenters. The van der Waals surface area contributed by atoms with Crippen molar-refractivity contribution in [2.75, 3.05) is 6.61 Å². The SMILES string of the molecule is CC=CCCCCCCC(CC)OCCC. The van der Waals surface area contributed by atoms with Crippen LogP contribution >= 0.6 is 0 Å². The van der Waals surface area contributed by atoms with Crippen molar-refractivity contribution in [1.29, 1.82) is 0 Å². The average Bonchev–Trinajstić information content (AvgIpc) is 2.32. The minimum Gasteiger partial charge on any atom is -0.378 e. The van der Waals surface area contributed by atoms with E-state index in [1.807, 2.05) is 0 Å². The smallest absolute Gasteiger partial charge is 0.0572 e. The van der Waals surface area contributed by atoms with Crippen molar-refractivity contribution in [3.8, 4) is 0 Å². The van der Waals surface area contributed by atoms with Crippen molar-refractivity contribution in [2.45, 2.75) is 78.2 Å². The van der Waals surface area contributed by atoms with Crippen LogP contribution in [0.15, 0.2) is 12.2 Å². The molecule has 0 fully saturated rings. The van der Waals surface area contributed by atoms with Crippen molar-refractivity contribution in [2.24, 2.45) is 0 Å². The second kappa shape index (κ2) is 12.8. The van der Waals surface area contributed by atoms with Crippen LogP contribution in [0.2, 0.25) is 0 Å². The lowest BCUT2D eigenvalue weighted by atomic mass is 10.1. The van der Waals surface area contributed by atoms with Gasteiger partial charge in [0.25, 0.3) is 0 Å². The molecule has 1 nitrogen and oxygen atoms in total. The number of unbranched alkanes of at least 4 members (excludes halogenated alkanes) is 4. The first-order valence-electron chi connectivity index (χ1n) is 7.07. The zero-order valence-electron chi connectivity index (χ0n) is 11.5. The lowest BCUT2D eigenvalue weighted by Gasteiger charge is -2.15. The van der Waals surface area contributed by atoms with Gasteiger partial charge < -0.3 is 4.74 Å². The Kier molecular flexibility index (Phi) is 12.5. The molecule has 0 amide bonds. The molecule has 0 bridgehead atoms. The molecule has 0 aromatic rings. The van der Waals surface area contributed by atoms with E-state index in [1.54, 1.807) is 0 Å². The second-order valence-corrected chi connectivity index (χ2v) is 4.46. The topological polar surface area (TPSA) is 9.23 Å². The molecule has 0 rings (SSSR count). The summed E-state index contributed by atoms with van der Waals surface area (Å²) in [5.74, 6) is 0. The van der Waals surface area contributed by atoms with Gasteiger partial charge in [-0.05, 0) is 39.0 Å². The molecular weight excluding hydrogens is 196 g/mol. The molecule has 0 aromatic carbocycles. The van der Waals surface area contributed by atoms with Crippen LogP contribution in [0.25, 0.3) is 0 Å². The van der Waals surface area contributed by atoms with E-state index in [2.05, 4.69) is 32.9 Å². The van der Waals surface area contributed by atoms with Gasteiger partial charge in [0.15, 0.2) is 0 Å². The standard InChI is InChI=1S/C15H30O/c1-4-7-8-9-10-11-12-13-15(6-3)16-14-5-2/h4,7,15H,5-6,8-14H2,1-3H3. The molecule has 0 saturated carbocycles. The van der Waals surface area contributed by atoms with Gasteiger partial charge in [-0.25, -0.2) is 0 Å². The summed E-state index contributed by atoms with van der Waals surface area (Å²) in [5, 5.41) is 0. The molecular formula is C15H30O. The van der Waals surface area contributed by atoms with Crippen LogP contribution in [0.1, 0.15) is 72.1 Å². The quantitative estimate of drug-likeness (QED) is 0.351. The molecule has 0 saturated heterocycles. The van der Waals surface area contributed by atoms with Gasteiger partial charge in [0.05, 0.1) is 6.10 Å². The molecule has 0 heterocycles. The van der Waals surface area contributed by atoms with Gasteiger partial charge in [-0.1, -0.05) is 45.3 Å². The molecule has 1 heteroatoms. The van der Waals surface area contributed by atoms with Crippen molar-refractivity contribution < 1.29 is 4.74 Å². The molecule has 1 atom stereocenters. The highest BCUT2D eigenvalue weighted by molar-refractivity contribution is 4.76. The number of hydrogen-bond acceptors (Lipinski definition) is 1. The largest absolute Gasteiger partial charge is 0.378 e. The van der Waals surface area contributed by atoms with E-state index in [-0.39, 0.29) is 0 Å². The third-order valence-corrected chi connectivity index (χ3v) is 2.90. The third kappa shape index (κ3) is 10.2. The molecule has 0 radical (unpaired) electrons. The van der Waals surface area contributed by atoms with Gasteiger partial charge in [0.1, 0.15) is 0 Å². The summed E-state index contributed by atoms with van der Waals surface area (Å²) in [7, 11) is 0. The van der Waals surface area contributed by atoms with Gasteiger partial charge in [-0.15, -0.1) is 0 Å². The normalized spacial score (nSPS) is 13.4. The van der Waals surface area contributed by atoms with Gasteiger partial charge in [0, 0.05) is 6.61 Å². The van der Waals surface area contributed by atoms with E-state index in [0.29, 0.717) is 6.10 Å². The first-order chi connectivity index (χ1) is 7.85. The fourth-order valence-corrected chi connectivity index (χ4v) is 1.84. The van der Waals surface area contributed by atoms with E-state index >= 15 is 0 Å². The van der Waals surface area contributed by atoms with Crippen LogP contribution in [0.3, 0.4) is 0 Å². The van der Waals surface area contributed by atoms with Gasteiger partial charge in [-0.2, -0.15) is 0 Å². The lowest BCUT2D eigenvalue weighted by Crippen LogP contribution is -2.12. The number of hydrogen-bond donors (Lipinski definition) is 0. The minimum absolute atomic E-state index is 0.510. The Morgan fingerprint density at radius 2 is 1.81 bits per heavy atom. The van der Waals surface area contributed by atoms with Crippen LogP contribution in [-0.2, 0) is 4.74 Å². The zero-order chi connectivity index (χ0) is 12.1. The lowest BCUT2D eigenvalue weighted by molar-refractivity contribution is 0.0436. The van der Waals surface area contributed by atoms with Crippen LogP contribution in [0.5, 0.6) is 0 Å². The van der Waals surface area contributed by atoms with Crippen molar-refractivity contribution in [1.82, 2.24) is 0 Å². The highest BCUT2D eigenvalue weighted by atomic mass is 16.5. The monoisotopic (exact) mass is 226 g/mol. The van der Waals surface area contributed by atoms with Gasteiger partial charge in [-0.3, -0.25) is 0 Å². The van der Waals surface area contributed by atoms with Crippen molar-refractivity contribution >= 4 is 0 Å². The van der Waals surface area contributed by atoms with Gasteiger partial charge >= 0.3 is 0 Å². The maximum absolute atomic E-state index is 5.77. The summed E-state index contributed by atoms with van der Waals surface area (Å²) in [6.07, 6.45) is 15.1. The summed E-state index contributed by atoms with van der Waals surface area (Å²) in [6, 6.07) is 0. The predicted molar refractivity (Wildman–Crippen MR) is 72.8 cm³/mol. The van der Waals surface area contributed by atoms with Crippen molar-refractivity contribution in [3.63, 3.8) is 0 Å². The summed E-state index contributed by atoms with van der Waals surface area (Å²) >= 11 is 0.